The van der Waals surface area contributed by atoms with E-state index in [9.17, 15) is 18.0 Å². The number of hydrogen-bond acceptors (Lipinski definition) is 4. The topological polar surface area (TPSA) is 85.8 Å². The molecule has 0 fully saturated rings. The SMILES string of the molecule is Cl.Cl.NCCCCNC(=O)c1cnn(-c2ncccc2Cl)c1C(F)(F)F. The normalized spacial score (nSPS) is 10.7. The maximum Gasteiger partial charge on any atom is 0.434 e. The zero-order valence-electron chi connectivity index (χ0n) is 13.3. The standard InChI is InChI=1S/C14H15ClF3N5O.2ClH/c15-10-4-3-7-20-12(10)23-11(14(16,17)18)9(8-22-23)13(24)21-6-2-1-5-19;;/h3-4,7-8H,1-2,5-6,19H2,(H,21,24);2*1H. The van der Waals surface area contributed by atoms with Crippen LogP contribution in [-0.4, -0.2) is 33.8 Å². The molecule has 1 amide bonds. The van der Waals surface area contributed by atoms with Gasteiger partial charge in [0.15, 0.2) is 11.5 Å². The highest BCUT2D eigenvalue weighted by Crippen LogP contribution is 2.34. The van der Waals surface area contributed by atoms with Gasteiger partial charge in [0.1, 0.15) is 0 Å². The molecule has 0 unspecified atom stereocenters. The van der Waals surface area contributed by atoms with Gasteiger partial charge in [0, 0.05) is 12.7 Å². The number of rotatable bonds is 6. The van der Waals surface area contributed by atoms with Crippen LogP contribution in [-0.2, 0) is 6.18 Å². The Morgan fingerprint density at radius 1 is 1.31 bits per heavy atom. The predicted molar refractivity (Wildman–Crippen MR) is 96.5 cm³/mol. The van der Waals surface area contributed by atoms with E-state index in [1.54, 1.807) is 0 Å². The van der Waals surface area contributed by atoms with Gasteiger partial charge >= 0.3 is 6.18 Å². The third-order valence-electron chi connectivity index (χ3n) is 3.14. The Bertz CT molecular complexity index is 724. The first-order valence-corrected chi connectivity index (χ1v) is 7.48. The lowest BCUT2D eigenvalue weighted by atomic mass is 10.2. The summed E-state index contributed by atoms with van der Waals surface area (Å²) >= 11 is 5.88. The molecule has 0 aromatic carbocycles. The van der Waals surface area contributed by atoms with Crippen LogP contribution in [0.2, 0.25) is 5.02 Å². The van der Waals surface area contributed by atoms with Gasteiger partial charge in [-0.3, -0.25) is 4.79 Å². The molecule has 146 valence electrons. The van der Waals surface area contributed by atoms with E-state index in [1.807, 2.05) is 0 Å². The van der Waals surface area contributed by atoms with Crippen molar-refractivity contribution in [3.05, 3.63) is 40.8 Å². The van der Waals surface area contributed by atoms with Crippen LogP contribution >= 0.6 is 36.4 Å². The maximum absolute atomic E-state index is 13.4. The molecule has 26 heavy (non-hydrogen) atoms. The first-order valence-electron chi connectivity index (χ1n) is 7.10. The van der Waals surface area contributed by atoms with Gasteiger partial charge in [0.05, 0.1) is 16.8 Å². The molecule has 0 spiro atoms. The summed E-state index contributed by atoms with van der Waals surface area (Å²) < 4.78 is 40.8. The smallest absolute Gasteiger partial charge is 0.352 e. The molecule has 2 rings (SSSR count). The fraction of sp³-hybridized carbons (Fsp3) is 0.357. The zero-order chi connectivity index (χ0) is 17.7. The average molecular weight is 435 g/mol. The monoisotopic (exact) mass is 433 g/mol. The molecule has 0 aliphatic heterocycles. The number of aromatic nitrogens is 3. The highest BCUT2D eigenvalue weighted by atomic mass is 35.5. The van der Waals surface area contributed by atoms with E-state index in [1.165, 1.54) is 18.3 Å². The number of carbonyl (C=O) groups excluding carboxylic acids is 1. The third kappa shape index (κ3) is 5.73. The fourth-order valence-corrected chi connectivity index (χ4v) is 2.25. The predicted octanol–water partition coefficient (Wildman–Crippen LogP) is 3.25. The molecular weight excluding hydrogens is 418 g/mol. The average Bonchev–Trinajstić information content (AvgIpc) is 2.97. The number of hydrogen-bond donors (Lipinski definition) is 2. The lowest BCUT2D eigenvalue weighted by molar-refractivity contribution is -0.143. The number of nitrogens with zero attached hydrogens (tertiary/aromatic N) is 3. The summed E-state index contributed by atoms with van der Waals surface area (Å²) in [5.41, 5.74) is 3.52. The van der Waals surface area contributed by atoms with Gasteiger partial charge < -0.3 is 11.1 Å². The van der Waals surface area contributed by atoms with Crippen molar-refractivity contribution in [1.82, 2.24) is 20.1 Å². The van der Waals surface area contributed by atoms with Crippen molar-refractivity contribution in [3.8, 4) is 5.82 Å². The van der Waals surface area contributed by atoms with Gasteiger partial charge in [-0.05, 0) is 31.5 Å². The number of amides is 1. The zero-order valence-corrected chi connectivity index (χ0v) is 15.7. The minimum Gasteiger partial charge on any atom is -0.352 e. The highest BCUT2D eigenvalue weighted by Gasteiger charge is 2.41. The number of unbranched alkanes of at least 4 members (excludes halogenated alkanes) is 1. The summed E-state index contributed by atoms with van der Waals surface area (Å²) in [5.74, 6) is -1.06. The van der Waals surface area contributed by atoms with Crippen LogP contribution in [0.5, 0.6) is 0 Å². The molecule has 2 aromatic heterocycles. The Morgan fingerprint density at radius 3 is 2.58 bits per heavy atom. The highest BCUT2D eigenvalue weighted by molar-refractivity contribution is 6.32. The number of halogens is 6. The van der Waals surface area contributed by atoms with Crippen molar-refractivity contribution in [3.63, 3.8) is 0 Å². The van der Waals surface area contributed by atoms with Gasteiger partial charge in [0.25, 0.3) is 5.91 Å². The number of nitrogens with two attached hydrogens (primary N) is 1. The second kappa shape index (κ2) is 10.6. The Labute approximate surface area is 165 Å². The van der Waals surface area contributed by atoms with Gasteiger partial charge in [-0.2, -0.15) is 18.3 Å². The van der Waals surface area contributed by atoms with Crippen LogP contribution in [0.3, 0.4) is 0 Å². The van der Waals surface area contributed by atoms with E-state index < -0.39 is 23.3 Å². The van der Waals surface area contributed by atoms with E-state index in [0.29, 0.717) is 24.1 Å². The van der Waals surface area contributed by atoms with E-state index >= 15 is 0 Å². The Morgan fingerprint density at radius 2 is 2.00 bits per heavy atom. The van der Waals surface area contributed by atoms with Gasteiger partial charge in [0.2, 0.25) is 0 Å². The van der Waals surface area contributed by atoms with Crippen molar-refractivity contribution in [2.45, 2.75) is 19.0 Å². The van der Waals surface area contributed by atoms with Crippen LogP contribution < -0.4 is 11.1 Å². The summed E-state index contributed by atoms with van der Waals surface area (Å²) in [7, 11) is 0. The van der Waals surface area contributed by atoms with Crippen LogP contribution in [0.1, 0.15) is 28.9 Å². The van der Waals surface area contributed by atoms with Crippen molar-refractivity contribution in [2.24, 2.45) is 5.73 Å². The molecule has 3 N–H and O–H groups in total. The Hall–Kier alpha value is -1.55. The lowest BCUT2D eigenvalue weighted by Crippen LogP contribution is -2.28. The van der Waals surface area contributed by atoms with Gasteiger partial charge in [-0.25, -0.2) is 9.67 Å². The van der Waals surface area contributed by atoms with Crippen molar-refractivity contribution in [2.75, 3.05) is 13.1 Å². The summed E-state index contributed by atoms with van der Waals surface area (Å²) in [4.78, 5) is 15.9. The van der Waals surface area contributed by atoms with Crippen LogP contribution in [0.25, 0.3) is 5.82 Å². The van der Waals surface area contributed by atoms with Crippen molar-refractivity contribution < 1.29 is 18.0 Å². The number of carbonyl (C=O) groups is 1. The first-order chi connectivity index (χ1) is 11.4. The summed E-state index contributed by atoms with van der Waals surface area (Å²) in [6.07, 6.45) is -1.43. The number of pyridine rings is 1. The molecule has 0 saturated heterocycles. The van der Waals surface area contributed by atoms with E-state index in [4.69, 9.17) is 17.3 Å². The fourth-order valence-electron chi connectivity index (χ4n) is 2.05. The largest absolute Gasteiger partial charge is 0.434 e. The quantitative estimate of drug-likeness (QED) is 0.684. The summed E-state index contributed by atoms with van der Waals surface area (Å²) in [6.45, 7) is 0.669. The van der Waals surface area contributed by atoms with Crippen LogP contribution in [0.15, 0.2) is 24.5 Å². The lowest BCUT2D eigenvalue weighted by Gasteiger charge is -2.13. The molecule has 6 nitrogen and oxygen atoms in total. The van der Waals surface area contributed by atoms with E-state index in [-0.39, 0.29) is 42.2 Å². The molecule has 0 saturated carbocycles. The second-order valence-corrected chi connectivity index (χ2v) is 5.28. The van der Waals surface area contributed by atoms with Crippen molar-refractivity contribution in [1.29, 1.82) is 0 Å². The first kappa shape index (κ1) is 24.5. The van der Waals surface area contributed by atoms with Gasteiger partial charge in [-0.1, -0.05) is 11.6 Å². The van der Waals surface area contributed by atoms with E-state index in [0.717, 1.165) is 6.20 Å². The molecule has 2 heterocycles. The molecule has 0 aliphatic carbocycles. The van der Waals surface area contributed by atoms with E-state index in [2.05, 4.69) is 15.4 Å². The molecular formula is C14H17Cl3F3N5O. The molecule has 0 bridgehead atoms. The van der Waals surface area contributed by atoms with Crippen molar-refractivity contribution >= 4 is 42.3 Å². The number of alkyl halides is 3. The molecule has 0 radical (unpaired) electrons. The molecule has 0 aliphatic rings. The number of nitrogens with one attached hydrogen (secondary N) is 1. The Balaban J connectivity index is 0.00000312. The van der Waals surface area contributed by atoms with Gasteiger partial charge in [-0.15, -0.1) is 24.8 Å². The minimum absolute atomic E-state index is 0. The van der Waals surface area contributed by atoms with Crippen LogP contribution in [0, 0.1) is 0 Å². The summed E-state index contributed by atoms with van der Waals surface area (Å²) in [5, 5.41) is 6.06. The molecule has 0 atom stereocenters. The molecule has 12 heteroatoms. The minimum atomic E-state index is -4.80. The van der Waals surface area contributed by atoms with Crippen LogP contribution in [0.4, 0.5) is 13.2 Å². The summed E-state index contributed by atoms with van der Waals surface area (Å²) in [6, 6.07) is 2.87. The maximum atomic E-state index is 13.4. The second-order valence-electron chi connectivity index (χ2n) is 4.88. The third-order valence-corrected chi connectivity index (χ3v) is 3.43. The molecule has 2 aromatic rings. The Kier molecular flexibility index (Phi) is 9.93.